The Labute approximate surface area is 198 Å². The zero-order valence-corrected chi connectivity index (χ0v) is 18.4. The molecule has 2 aromatic carbocycles. The largest absolute Gasteiger partial charge is 0.452 e. The van der Waals surface area contributed by atoms with E-state index >= 15 is 0 Å². The molecule has 3 amide bonds. The monoisotopic (exact) mass is 483 g/mol. The van der Waals surface area contributed by atoms with Gasteiger partial charge in [-0.25, -0.2) is 9.78 Å². The fourth-order valence-electron chi connectivity index (χ4n) is 3.22. The number of carbonyl (C=O) groups excluding carboxylic acids is 4. The molecule has 0 unspecified atom stereocenters. The second-order valence-electron chi connectivity index (χ2n) is 7.05. The SMILES string of the molecule is O=C(COC(=O)c1ccc2c(c1)C(=O)N(Cc1ccccc1)C2=O)Nc1ncc(Cl)cc1Cl. The molecule has 2 heterocycles. The second kappa shape index (κ2) is 9.40. The maximum atomic E-state index is 12.8. The van der Waals surface area contributed by atoms with Crippen molar-refractivity contribution in [2.24, 2.45) is 0 Å². The summed E-state index contributed by atoms with van der Waals surface area (Å²) in [5, 5.41) is 2.84. The molecule has 0 saturated carbocycles. The van der Waals surface area contributed by atoms with Crippen LogP contribution in [0.3, 0.4) is 0 Å². The molecule has 1 aliphatic rings. The van der Waals surface area contributed by atoms with Gasteiger partial charge in [-0.3, -0.25) is 19.3 Å². The molecule has 1 aliphatic heterocycles. The molecule has 3 aromatic rings. The highest BCUT2D eigenvalue weighted by Gasteiger charge is 2.36. The Morgan fingerprint density at radius 1 is 0.970 bits per heavy atom. The quantitative estimate of drug-likeness (QED) is 0.419. The molecule has 0 atom stereocenters. The maximum Gasteiger partial charge on any atom is 0.338 e. The first-order valence-electron chi connectivity index (χ1n) is 9.65. The fourth-order valence-corrected chi connectivity index (χ4v) is 3.64. The highest BCUT2D eigenvalue weighted by atomic mass is 35.5. The first kappa shape index (κ1) is 22.4. The van der Waals surface area contributed by atoms with Crippen LogP contribution in [0.25, 0.3) is 0 Å². The standard InChI is InChI=1S/C23H15Cl2N3O5/c24-15-9-18(25)20(26-10-15)27-19(29)12-33-23(32)14-6-7-16-17(8-14)22(31)28(21(16)30)11-13-4-2-1-3-5-13/h1-10H,11-12H2,(H,26,27,29). The van der Waals surface area contributed by atoms with Gasteiger partial charge in [-0.2, -0.15) is 0 Å². The minimum absolute atomic E-state index is 0.0342. The molecular weight excluding hydrogens is 469 g/mol. The molecule has 8 nitrogen and oxygen atoms in total. The number of ether oxygens (including phenoxy) is 1. The van der Waals surface area contributed by atoms with Gasteiger partial charge in [0.15, 0.2) is 12.4 Å². The number of fused-ring (bicyclic) bond motifs is 1. The van der Waals surface area contributed by atoms with Gasteiger partial charge in [-0.05, 0) is 29.8 Å². The van der Waals surface area contributed by atoms with Crippen LogP contribution in [0.4, 0.5) is 5.82 Å². The van der Waals surface area contributed by atoms with E-state index in [9.17, 15) is 19.2 Å². The average Bonchev–Trinajstić information content (AvgIpc) is 3.04. The number of aromatic nitrogens is 1. The summed E-state index contributed by atoms with van der Waals surface area (Å²) in [5.74, 6) is -2.37. The Morgan fingerprint density at radius 2 is 1.70 bits per heavy atom. The van der Waals surface area contributed by atoms with E-state index in [1.807, 2.05) is 30.3 Å². The average molecular weight is 484 g/mol. The van der Waals surface area contributed by atoms with Crippen molar-refractivity contribution < 1.29 is 23.9 Å². The molecule has 1 N–H and O–H groups in total. The number of benzene rings is 2. The van der Waals surface area contributed by atoms with Crippen LogP contribution in [0.15, 0.2) is 60.8 Å². The number of imide groups is 1. The zero-order valence-electron chi connectivity index (χ0n) is 16.9. The number of nitrogens with zero attached hydrogens (tertiary/aromatic N) is 2. The highest BCUT2D eigenvalue weighted by Crippen LogP contribution is 2.26. The van der Waals surface area contributed by atoms with E-state index in [4.69, 9.17) is 27.9 Å². The Hall–Kier alpha value is -3.75. The van der Waals surface area contributed by atoms with Crippen molar-refractivity contribution in [1.29, 1.82) is 0 Å². The Balaban J connectivity index is 1.41. The summed E-state index contributed by atoms with van der Waals surface area (Å²) in [6, 6.07) is 14.5. The molecule has 1 aromatic heterocycles. The van der Waals surface area contributed by atoms with Crippen LogP contribution in [0.2, 0.25) is 10.0 Å². The number of carbonyl (C=O) groups is 4. The van der Waals surface area contributed by atoms with Crippen molar-refractivity contribution in [3.8, 4) is 0 Å². The number of rotatable bonds is 6. The number of anilines is 1. The van der Waals surface area contributed by atoms with Gasteiger partial charge in [0.1, 0.15) is 0 Å². The summed E-state index contributed by atoms with van der Waals surface area (Å²) in [5.41, 5.74) is 1.14. The second-order valence-corrected chi connectivity index (χ2v) is 7.89. The topological polar surface area (TPSA) is 106 Å². The van der Waals surface area contributed by atoms with Crippen molar-refractivity contribution in [2.45, 2.75) is 6.54 Å². The molecule has 0 radical (unpaired) electrons. The Bertz CT molecular complexity index is 1280. The van der Waals surface area contributed by atoms with Crippen LogP contribution in [0, 0.1) is 0 Å². The van der Waals surface area contributed by atoms with Crippen molar-refractivity contribution in [2.75, 3.05) is 11.9 Å². The smallest absolute Gasteiger partial charge is 0.338 e. The predicted octanol–water partition coefficient (Wildman–Crippen LogP) is 3.98. The van der Waals surface area contributed by atoms with Gasteiger partial charge in [0.2, 0.25) is 0 Å². The minimum Gasteiger partial charge on any atom is -0.452 e. The van der Waals surface area contributed by atoms with Crippen molar-refractivity contribution >= 4 is 52.7 Å². The molecule has 4 rings (SSSR count). The molecule has 0 spiro atoms. The zero-order chi connectivity index (χ0) is 23.5. The summed E-state index contributed by atoms with van der Waals surface area (Å²) < 4.78 is 5.01. The van der Waals surface area contributed by atoms with E-state index in [1.165, 1.54) is 30.5 Å². The summed E-state index contributed by atoms with van der Waals surface area (Å²) in [6.45, 7) is -0.488. The highest BCUT2D eigenvalue weighted by molar-refractivity contribution is 6.36. The number of esters is 1. The van der Waals surface area contributed by atoms with E-state index in [0.29, 0.717) is 5.02 Å². The molecule has 10 heteroatoms. The number of nitrogens with one attached hydrogen (secondary N) is 1. The molecule has 0 bridgehead atoms. The van der Waals surface area contributed by atoms with Crippen LogP contribution in [0.5, 0.6) is 0 Å². The number of hydrogen-bond acceptors (Lipinski definition) is 6. The van der Waals surface area contributed by atoms with Crippen molar-refractivity contribution in [3.05, 3.63) is 93.1 Å². The maximum absolute atomic E-state index is 12.8. The first-order chi connectivity index (χ1) is 15.8. The van der Waals surface area contributed by atoms with Crippen LogP contribution in [0.1, 0.15) is 36.6 Å². The number of pyridine rings is 1. The molecule has 0 aliphatic carbocycles. The van der Waals surface area contributed by atoms with Crippen molar-refractivity contribution in [1.82, 2.24) is 9.88 Å². The normalized spacial score (nSPS) is 12.5. The number of amides is 3. The first-order valence-corrected chi connectivity index (χ1v) is 10.4. The van der Waals surface area contributed by atoms with E-state index in [2.05, 4.69) is 10.3 Å². The van der Waals surface area contributed by atoms with Crippen molar-refractivity contribution in [3.63, 3.8) is 0 Å². The van der Waals surface area contributed by atoms with E-state index in [0.717, 1.165) is 10.5 Å². The van der Waals surface area contributed by atoms with Gasteiger partial charge in [-0.1, -0.05) is 53.5 Å². The molecule has 33 heavy (non-hydrogen) atoms. The lowest BCUT2D eigenvalue weighted by Crippen LogP contribution is -2.29. The third-order valence-electron chi connectivity index (χ3n) is 4.79. The predicted molar refractivity (Wildman–Crippen MR) is 120 cm³/mol. The summed E-state index contributed by atoms with van der Waals surface area (Å²) in [4.78, 5) is 54.9. The van der Waals surface area contributed by atoms with Crippen LogP contribution >= 0.6 is 23.2 Å². The number of hydrogen-bond donors (Lipinski definition) is 1. The lowest BCUT2D eigenvalue weighted by atomic mass is 10.1. The van der Waals surface area contributed by atoms with Gasteiger partial charge >= 0.3 is 5.97 Å². The van der Waals surface area contributed by atoms with E-state index in [1.54, 1.807) is 0 Å². The Kier molecular flexibility index (Phi) is 6.39. The molecule has 0 fully saturated rings. The van der Waals surface area contributed by atoms with Gasteiger partial charge < -0.3 is 10.1 Å². The van der Waals surface area contributed by atoms with Crippen LogP contribution < -0.4 is 5.32 Å². The minimum atomic E-state index is -0.829. The lowest BCUT2D eigenvalue weighted by molar-refractivity contribution is -0.119. The summed E-state index contributed by atoms with van der Waals surface area (Å²) in [6.07, 6.45) is 1.30. The van der Waals surface area contributed by atoms with Crippen LogP contribution in [-0.2, 0) is 16.1 Å². The third kappa shape index (κ3) is 4.87. The Morgan fingerprint density at radius 3 is 2.42 bits per heavy atom. The summed E-state index contributed by atoms with van der Waals surface area (Å²) >= 11 is 11.7. The van der Waals surface area contributed by atoms with Gasteiger partial charge in [0.25, 0.3) is 17.7 Å². The summed E-state index contributed by atoms with van der Waals surface area (Å²) in [7, 11) is 0. The molecule has 166 valence electrons. The fraction of sp³-hybridized carbons (Fsp3) is 0.0870. The van der Waals surface area contributed by atoms with Gasteiger partial charge in [0, 0.05) is 6.20 Å². The van der Waals surface area contributed by atoms with E-state index < -0.39 is 30.3 Å². The third-order valence-corrected chi connectivity index (χ3v) is 5.28. The van der Waals surface area contributed by atoms with E-state index in [-0.39, 0.29) is 34.1 Å². The van der Waals surface area contributed by atoms with Gasteiger partial charge in [0.05, 0.1) is 33.3 Å². The molecular formula is C23H15Cl2N3O5. The van der Waals surface area contributed by atoms with Crippen LogP contribution in [-0.4, -0.2) is 40.2 Å². The van der Waals surface area contributed by atoms with Gasteiger partial charge in [-0.15, -0.1) is 0 Å². The number of halogens is 2. The molecule has 0 saturated heterocycles. The lowest BCUT2D eigenvalue weighted by Gasteiger charge is -2.13.